The van der Waals surface area contributed by atoms with Crippen LogP contribution in [0.25, 0.3) is 11.5 Å². The maximum absolute atomic E-state index is 5.97. The first-order chi connectivity index (χ1) is 6.68. The Bertz CT molecular complexity index is 447. The number of nitrogens with two attached hydrogens (primary N) is 1. The molecule has 2 rings (SSSR count). The fourth-order valence-corrected chi connectivity index (χ4v) is 1.43. The van der Waals surface area contributed by atoms with E-state index < -0.39 is 0 Å². The predicted octanol–water partition coefficient (Wildman–Crippen LogP) is 2.28. The fourth-order valence-electron chi connectivity index (χ4n) is 1.17. The number of aryl methyl sites for hydroxylation is 1. The molecule has 2 aromatic rings. The van der Waals surface area contributed by atoms with E-state index in [0.29, 0.717) is 28.0 Å². The summed E-state index contributed by atoms with van der Waals surface area (Å²) in [6.07, 6.45) is 0. The van der Waals surface area contributed by atoms with Gasteiger partial charge in [-0.15, -0.1) is 0 Å². The number of benzene rings is 1. The van der Waals surface area contributed by atoms with Crippen LogP contribution in [0.5, 0.6) is 0 Å². The maximum Gasteiger partial charge on any atom is 0.261 e. The first-order valence-electron chi connectivity index (χ1n) is 4.03. The highest BCUT2D eigenvalue weighted by atomic mass is 35.5. The number of rotatable bonds is 1. The summed E-state index contributed by atoms with van der Waals surface area (Å²) < 4.78 is 4.99. The molecular formula is C9H8ClN3O. The van der Waals surface area contributed by atoms with Gasteiger partial charge in [-0.25, -0.2) is 0 Å². The molecule has 0 aliphatic carbocycles. The molecule has 0 unspecified atom stereocenters. The zero-order valence-electron chi connectivity index (χ0n) is 7.49. The minimum atomic E-state index is 0.352. The minimum Gasteiger partial charge on any atom is -0.398 e. The number of nitrogens with zero attached hydrogens (tertiary/aromatic N) is 2. The molecule has 0 spiro atoms. The fraction of sp³-hybridized carbons (Fsp3) is 0.111. The van der Waals surface area contributed by atoms with E-state index in [0.717, 1.165) is 0 Å². The van der Waals surface area contributed by atoms with Gasteiger partial charge >= 0.3 is 0 Å². The smallest absolute Gasteiger partial charge is 0.261 e. The Balaban J connectivity index is 2.61. The van der Waals surface area contributed by atoms with Crippen LogP contribution in [0.2, 0.25) is 5.02 Å². The second kappa shape index (κ2) is 3.31. The normalized spacial score (nSPS) is 10.4. The van der Waals surface area contributed by atoms with Crippen LogP contribution >= 0.6 is 11.6 Å². The number of nitrogen functional groups attached to an aromatic ring is 1. The molecule has 0 fully saturated rings. The summed E-state index contributed by atoms with van der Waals surface area (Å²) in [5.74, 6) is 0.907. The first kappa shape index (κ1) is 9.02. The van der Waals surface area contributed by atoms with Crippen molar-refractivity contribution in [1.82, 2.24) is 10.1 Å². The predicted molar refractivity (Wildman–Crippen MR) is 53.9 cm³/mol. The van der Waals surface area contributed by atoms with Gasteiger partial charge in [-0.2, -0.15) is 4.98 Å². The van der Waals surface area contributed by atoms with E-state index in [4.69, 9.17) is 21.9 Å². The number of hydrogen-bond acceptors (Lipinski definition) is 4. The van der Waals surface area contributed by atoms with Crippen molar-refractivity contribution in [1.29, 1.82) is 0 Å². The quantitative estimate of drug-likeness (QED) is 0.732. The largest absolute Gasteiger partial charge is 0.398 e. The van der Waals surface area contributed by atoms with Gasteiger partial charge in [0, 0.05) is 5.69 Å². The van der Waals surface area contributed by atoms with Gasteiger partial charge in [-0.1, -0.05) is 22.8 Å². The molecular weight excluding hydrogens is 202 g/mol. The maximum atomic E-state index is 5.97. The lowest BCUT2D eigenvalue weighted by atomic mass is 10.2. The van der Waals surface area contributed by atoms with Crippen molar-refractivity contribution in [2.24, 2.45) is 0 Å². The number of anilines is 1. The summed E-state index contributed by atoms with van der Waals surface area (Å²) in [6, 6.07) is 5.23. The molecule has 0 atom stereocenters. The van der Waals surface area contributed by atoms with Crippen molar-refractivity contribution in [3.8, 4) is 11.5 Å². The topological polar surface area (TPSA) is 64.9 Å². The second-order valence-corrected chi connectivity index (χ2v) is 3.26. The summed E-state index contributed by atoms with van der Waals surface area (Å²) in [5.41, 5.74) is 6.87. The first-order valence-corrected chi connectivity index (χ1v) is 4.41. The third-order valence-corrected chi connectivity index (χ3v) is 2.10. The van der Waals surface area contributed by atoms with Gasteiger partial charge in [-0.3, -0.25) is 0 Å². The molecule has 0 bridgehead atoms. The van der Waals surface area contributed by atoms with Gasteiger partial charge in [0.1, 0.15) is 0 Å². The van der Waals surface area contributed by atoms with Crippen molar-refractivity contribution < 1.29 is 4.52 Å². The molecule has 1 aromatic heterocycles. The van der Waals surface area contributed by atoms with Gasteiger partial charge in [0.25, 0.3) is 5.89 Å². The summed E-state index contributed by atoms with van der Waals surface area (Å²) >= 11 is 5.97. The monoisotopic (exact) mass is 209 g/mol. The Morgan fingerprint density at radius 1 is 1.43 bits per heavy atom. The average Bonchev–Trinajstić information content (AvgIpc) is 2.51. The van der Waals surface area contributed by atoms with E-state index in [2.05, 4.69) is 10.1 Å². The van der Waals surface area contributed by atoms with Gasteiger partial charge in [-0.05, 0) is 19.1 Å². The Hall–Kier alpha value is -1.55. The molecule has 5 heteroatoms. The van der Waals surface area contributed by atoms with Crippen LogP contribution in [0.4, 0.5) is 5.69 Å². The van der Waals surface area contributed by atoms with Crippen LogP contribution in [-0.4, -0.2) is 10.1 Å². The van der Waals surface area contributed by atoms with E-state index >= 15 is 0 Å². The lowest BCUT2D eigenvalue weighted by Crippen LogP contribution is -1.90. The summed E-state index contributed by atoms with van der Waals surface area (Å²) in [5, 5.41) is 4.18. The Morgan fingerprint density at radius 3 is 2.79 bits per heavy atom. The third-order valence-electron chi connectivity index (χ3n) is 1.79. The Labute approximate surface area is 85.7 Å². The summed E-state index contributed by atoms with van der Waals surface area (Å²) in [4.78, 5) is 4.06. The van der Waals surface area contributed by atoms with E-state index in [1.807, 2.05) is 0 Å². The summed E-state index contributed by atoms with van der Waals surface area (Å²) in [6.45, 7) is 1.74. The zero-order chi connectivity index (χ0) is 10.1. The minimum absolute atomic E-state index is 0.352. The second-order valence-electron chi connectivity index (χ2n) is 2.85. The van der Waals surface area contributed by atoms with E-state index in [1.165, 1.54) is 0 Å². The van der Waals surface area contributed by atoms with E-state index in [9.17, 15) is 0 Å². The van der Waals surface area contributed by atoms with Crippen LogP contribution in [-0.2, 0) is 0 Å². The highest BCUT2D eigenvalue weighted by Crippen LogP contribution is 2.31. The molecule has 0 radical (unpaired) electrons. The SMILES string of the molecule is Cc1noc(-c2c(N)cccc2Cl)n1. The molecule has 4 nitrogen and oxygen atoms in total. The molecule has 0 aliphatic rings. The Morgan fingerprint density at radius 2 is 2.21 bits per heavy atom. The third kappa shape index (κ3) is 1.44. The molecule has 0 saturated heterocycles. The molecule has 1 heterocycles. The van der Waals surface area contributed by atoms with E-state index in [-0.39, 0.29) is 0 Å². The zero-order valence-corrected chi connectivity index (χ0v) is 8.25. The molecule has 72 valence electrons. The summed E-state index contributed by atoms with van der Waals surface area (Å²) in [7, 11) is 0. The van der Waals surface area contributed by atoms with Crippen molar-refractivity contribution in [3.63, 3.8) is 0 Å². The van der Waals surface area contributed by atoms with Gasteiger partial charge in [0.2, 0.25) is 0 Å². The lowest BCUT2D eigenvalue weighted by molar-refractivity contribution is 0.426. The van der Waals surface area contributed by atoms with Gasteiger partial charge < -0.3 is 10.3 Å². The molecule has 0 saturated carbocycles. The van der Waals surface area contributed by atoms with Gasteiger partial charge in [0.05, 0.1) is 10.6 Å². The van der Waals surface area contributed by atoms with Crippen LogP contribution in [0.1, 0.15) is 5.82 Å². The number of halogens is 1. The molecule has 14 heavy (non-hydrogen) atoms. The van der Waals surface area contributed by atoms with Crippen LogP contribution < -0.4 is 5.73 Å². The Kier molecular flexibility index (Phi) is 2.13. The van der Waals surface area contributed by atoms with Gasteiger partial charge in [0.15, 0.2) is 5.82 Å². The standard InChI is InChI=1S/C9H8ClN3O/c1-5-12-9(14-13-5)8-6(10)3-2-4-7(8)11/h2-4H,11H2,1H3. The van der Waals surface area contributed by atoms with Crippen molar-refractivity contribution in [3.05, 3.63) is 29.0 Å². The molecule has 1 aromatic carbocycles. The van der Waals surface area contributed by atoms with Crippen LogP contribution in [0, 0.1) is 6.92 Å². The number of hydrogen-bond donors (Lipinski definition) is 1. The molecule has 0 aliphatic heterocycles. The highest BCUT2D eigenvalue weighted by molar-refractivity contribution is 6.33. The lowest BCUT2D eigenvalue weighted by Gasteiger charge is -2.01. The molecule has 0 amide bonds. The van der Waals surface area contributed by atoms with Crippen molar-refractivity contribution >= 4 is 17.3 Å². The van der Waals surface area contributed by atoms with E-state index in [1.54, 1.807) is 25.1 Å². The van der Waals surface area contributed by atoms with Crippen LogP contribution in [0.15, 0.2) is 22.7 Å². The van der Waals surface area contributed by atoms with Crippen molar-refractivity contribution in [2.45, 2.75) is 6.92 Å². The average molecular weight is 210 g/mol. The number of aromatic nitrogens is 2. The van der Waals surface area contributed by atoms with Crippen LogP contribution in [0.3, 0.4) is 0 Å². The van der Waals surface area contributed by atoms with Crippen molar-refractivity contribution in [2.75, 3.05) is 5.73 Å². The highest BCUT2D eigenvalue weighted by Gasteiger charge is 2.13. The molecule has 2 N–H and O–H groups in total.